The molecule has 0 aliphatic carbocycles. The molecule has 1 radical (unpaired) electrons. The van der Waals surface area contributed by atoms with Gasteiger partial charge in [0.05, 0.1) is 0 Å². The van der Waals surface area contributed by atoms with Gasteiger partial charge in [-0.2, -0.15) is 0 Å². The van der Waals surface area contributed by atoms with Crippen LogP contribution in [0.15, 0.2) is 24.3 Å². The fraction of sp³-hybridized carbons (Fsp3) is 0. The third-order valence-corrected chi connectivity index (χ3v) is 1.62. The maximum atomic E-state index is 10.4. The zero-order valence-electron chi connectivity index (χ0n) is 6.17. The quantitative estimate of drug-likeness (QED) is 0.685. The van der Waals surface area contributed by atoms with Crippen molar-refractivity contribution >= 4 is 7.82 Å². The Balaban J connectivity index is 2.90. The first-order valence-corrected chi connectivity index (χ1v) is 4.68. The van der Waals surface area contributed by atoms with E-state index in [1.165, 1.54) is 6.07 Å². The van der Waals surface area contributed by atoms with E-state index in [-0.39, 0.29) is 5.75 Å². The highest BCUT2D eigenvalue weighted by molar-refractivity contribution is 7.46. The van der Waals surface area contributed by atoms with E-state index in [1.807, 2.05) is 0 Å². The number of benzene rings is 1. The van der Waals surface area contributed by atoms with Gasteiger partial charge in [0.2, 0.25) is 0 Å². The molecule has 0 spiro atoms. The van der Waals surface area contributed by atoms with Gasteiger partial charge in [-0.1, -0.05) is 18.2 Å². The molecule has 1 rings (SSSR count). The lowest BCUT2D eigenvalue weighted by molar-refractivity contribution is 0.283. The zero-order valence-corrected chi connectivity index (χ0v) is 7.07. The summed E-state index contributed by atoms with van der Waals surface area (Å²) < 4.78 is 14.7. The van der Waals surface area contributed by atoms with E-state index in [2.05, 4.69) is 11.4 Å². The Labute approximate surface area is 70.0 Å². The van der Waals surface area contributed by atoms with Crippen LogP contribution < -0.4 is 4.52 Å². The van der Waals surface area contributed by atoms with E-state index in [4.69, 9.17) is 9.79 Å². The average molecular weight is 187 g/mol. The van der Waals surface area contributed by atoms with E-state index in [1.54, 1.807) is 18.2 Å². The second-order valence-corrected chi connectivity index (χ2v) is 3.35. The number of rotatable bonds is 2. The minimum absolute atomic E-state index is 0.103. The van der Waals surface area contributed by atoms with E-state index < -0.39 is 7.82 Å². The number of phosphoric acid groups is 1. The molecule has 0 atom stereocenters. The molecule has 1 aromatic rings. The summed E-state index contributed by atoms with van der Waals surface area (Å²) >= 11 is 0. The number of hydrogen-bond donors (Lipinski definition) is 2. The highest BCUT2D eigenvalue weighted by atomic mass is 31.2. The van der Waals surface area contributed by atoms with Crippen molar-refractivity contribution in [1.29, 1.82) is 0 Å². The standard InChI is InChI=1S/C7H8O4P/c1-6-4-2-3-5-7(6)11-12(8,9)10/h2-5H,1H2,(H2,8,9,10). The fourth-order valence-electron chi connectivity index (χ4n) is 0.721. The summed E-state index contributed by atoms with van der Waals surface area (Å²) in [5.41, 5.74) is 0.445. The Hall–Kier alpha value is -0.830. The first kappa shape index (κ1) is 9.26. The lowest BCUT2D eigenvalue weighted by Crippen LogP contribution is -1.91. The Morgan fingerprint density at radius 3 is 2.42 bits per heavy atom. The van der Waals surface area contributed by atoms with Crippen LogP contribution >= 0.6 is 7.82 Å². The van der Waals surface area contributed by atoms with Gasteiger partial charge in [0.15, 0.2) is 0 Å². The van der Waals surface area contributed by atoms with Crippen LogP contribution in [0.25, 0.3) is 0 Å². The molecule has 12 heavy (non-hydrogen) atoms. The number of para-hydroxylation sites is 1. The topological polar surface area (TPSA) is 66.8 Å². The molecule has 0 amide bonds. The molecular formula is C7H8O4P. The predicted molar refractivity (Wildman–Crippen MR) is 43.6 cm³/mol. The summed E-state index contributed by atoms with van der Waals surface area (Å²) in [6.45, 7) is 3.54. The molecule has 4 nitrogen and oxygen atoms in total. The molecule has 0 saturated carbocycles. The highest BCUT2D eigenvalue weighted by Gasteiger charge is 2.16. The van der Waals surface area contributed by atoms with Crippen LogP contribution in [0.3, 0.4) is 0 Å². The van der Waals surface area contributed by atoms with Gasteiger partial charge in [0.1, 0.15) is 5.75 Å². The van der Waals surface area contributed by atoms with Crippen molar-refractivity contribution < 1.29 is 18.9 Å². The van der Waals surface area contributed by atoms with Gasteiger partial charge in [-0.05, 0) is 18.6 Å². The summed E-state index contributed by atoms with van der Waals surface area (Å²) in [7, 11) is -4.45. The van der Waals surface area contributed by atoms with E-state index >= 15 is 0 Å². The maximum Gasteiger partial charge on any atom is 0.524 e. The lowest BCUT2D eigenvalue weighted by Gasteiger charge is -2.08. The summed E-state index contributed by atoms with van der Waals surface area (Å²) in [6, 6.07) is 6.36. The number of hydrogen-bond acceptors (Lipinski definition) is 2. The molecular weight excluding hydrogens is 179 g/mol. The molecule has 0 saturated heterocycles. The van der Waals surface area contributed by atoms with Crippen molar-refractivity contribution in [3.8, 4) is 5.75 Å². The Morgan fingerprint density at radius 1 is 1.33 bits per heavy atom. The third kappa shape index (κ3) is 2.66. The van der Waals surface area contributed by atoms with Gasteiger partial charge in [0, 0.05) is 0 Å². The molecule has 0 aliphatic heterocycles. The predicted octanol–water partition coefficient (Wildman–Crippen LogP) is 1.34. The van der Waals surface area contributed by atoms with Gasteiger partial charge < -0.3 is 4.52 Å². The van der Waals surface area contributed by atoms with Crippen LogP contribution in [0.2, 0.25) is 0 Å². The van der Waals surface area contributed by atoms with Crippen LogP contribution in [-0.4, -0.2) is 9.79 Å². The average Bonchev–Trinajstić information content (AvgIpc) is 1.91. The van der Waals surface area contributed by atoms with Crippen LogP contribution in [0.4, 0.5) is 0 Å². The minimum Gasteiger partial charge on any atom is -0.404 e. The molecule has 0 unspecified atom stereocenters. The fourth-order valence-corrected chi connectivity index (χ4v) is 1.16. The van der Waals surface area contributed by atoms with Crippen molar-refractivity contribution in [3.63, 3.8) is 0 Å². The monoisotopic (exact) mass is 187 g/mol. The molecule has 2 N–H and O–H groups in total. The summed E-state index contributed by atoms with van der Waals surface area (Å²) in [5, 5.41) is 0. The molecule has 0 aliphatic rings. The minimum atomic E-state index is -4.45. The van der Waals surface area contributed by atoms with Crippen molar-refractivity contribution in [3.05, 3.63) is 36.8 Å². The molecule has 0 bridgehead atoms. The Kier molecular flexibility index (Phi) is 2.52. The lowest BCUT2D eigenvalue weighted by atomic mass is 10.2. The van der Waals surface area contributed by atoms with Crippen LogP contribution in [0.1, 0.15) is 5.56 Å². The van der Waals surface area contributed by atoms with Crippen molar-refractivity contribution in [1.82, 2.24) is 0 Å². The van der Waals surface area contributed by atoms with E-state index in [0.717, 1.165) is 0 Å². The van der Waals surface area contributed by atoms with Crippen molar-refractivity contribution in [2.24, 2.45) is 0 Å². The molecule has 0 heterocycles. The molecule has 5 heteroatoms. The normalized spacial score (nSPS) is 11.2. The van der Waals surface area contributed by atoms with Crippen LogP contribution in [-0.2, 0) is 4.57 Å². The van der Waals surface area contributed by atoms with Crippen LogP contribution in [0, 0.1) is 6.92 Å². The molecule has 0 aromatic heterocycles. The van der Waals surface area contributed by atoms with Gasteiger partial charge in [-0.25, -0.2) is 4.57 Å². The summed E-state index contributed by atoms with van der Waals surface area (Å²) in [5.74, 6) is 0.103. The SMILES string of the molecule is [CH2]c1ccccc1OP(=O)(O)O. The maximum absolute atomic E-state index is 10.4. The third-order valence-electron chi connectivity index (χ3n) is 1.19. The Morgan fingerprint density at radius 2 is 1.92 bits per heavy atom. The van der Waals surface area contributed by atoms with E-state index in [0.29, 0.717) is 5.56 Å². The van der Waals surface area contributed by atoms with Gasteiger partial charge in [-0.15, -0.1) is 0 Å². The molecule has 1 aromatic carbocycles. The molecule has 0 fully saturated rings. The zero-order chi connectivity index (χ0) is 9.19. The highest BCUT2D eigenvalue weighted by Crippen LogP contribution is 2.38. The largest absolute Gasteiger partial charge is 0.524 e. The summed E-state index contributed by atoms with van der Waals surface area (Å²) in [6.07, 6.45) is 0. The number of phosphoric ester groups is 1. The summed E-state index contributed by atoms with van der Waals surface area (Å²) in [4.78, 5) is 16.9. The van der Waals surface area contributed by atoms with Crippen molar-refractivity contribution in [2.75, 3.05) is 0 Å². The smallest absolute Gasteiger partial charge is 0.404 e. The van der Waals surface area contributed by atoms with Crippen molar-refractivity contribution in [2.45, 2.75) is 0 Å². The first-order valence-electron chi connectivity index (χ1n) is 3.15. The van der Waals surface area contributed by atoms with Gasteiger partial charge in [-0.3, -0.25) is 9.79 Å². The second-order valence-electron chi connectivity index (χ2n) is 2.19. The Bertz CT molecular complexity index is 317. The molecule has 65 valence electrons. The first-order chi connectivity index (χ1) is 5.49. The van der Waals surface area contributed by atoms with Gasteiger partial charge >= 0.3 is 7.82 Å². The van der Waals surface area contributed by atoms with E-state index in [9.17, 15) is 4.57 Å². The second kappa shape index (κ2) is 3.27. The van der Waals surface area contributed by atoms with Crippen LogP contribution in [0.5, 0.6) is 5.75 Å². The van der Waals surface area contributed by atoms with Gasteiger partial charge in [0.25, 0.3) is 0 Å².